The Morgan fingerprint density at radius 2 is 2.00 bits per heavy atom. The van der Waals surface area contributed by atoms with Gasteiger partial charge >= 0.3 is 0 Å². The second kappa shape index (κ2) is 6.93. The van der Waals surface area contributed by atoms with Crippen LogP contribution in [0.3, 0.4) is 0 Å². The second-order valence-corrected chi connectivity index (χ2v) is 6.62. The molecule has 1 unspecified atom stereocenters. The quantitative estimate of drug-likeness (QED) is 0.849. The molecule has 2 N–H and O–H groups in total. The molecule has 9 nitrogen and oxygen atoms in total. The van der Waals surface area contributed by atoms with Crippen molar-refractivity contribution in [3.8, 4) is 0 Å². The Bertz CT molecular complexity index is 757. The van der Waals surface area contributed by atoms with Crippen molar-refractivity contribution < 1.29 is 4.74 Å². The van der Waals surface area contributed by atoms with Gasteiger partial charge in [-0.3, -0.25) is 9.58 Å². The summed E-state index contributed by atoms with van der Waals surface area (Å²) < 4.78 is 7.60. The van der Waals surface area contributed by atoms with E-state index in [0.717, 1.165) is 24.5 Å². The van der Waals surface area contributed by atoms with Crippen molar-refractivity contribution in [3.05, 3.63) is 22.8 Å². The lowest BCUT2D eigenvalue weighted by atomic mass is 10.0. The summed E-state index contributed by atoms with van der Waals surface area (Å²) in [7, 11) is 5.87. The standard InChI is InChI=1S/C16H26N8O/c1-10-14(12-9-25-7-6-23(12)5)11(2)24(21-10)8-13-18-15(17)20-16(19-13)22(3)4/h12H,6-9H2,1-5H3,(H2,17,18,19,20). The predicted molar refractivity (Wildman–Crippen MR) is 95.6 cm³/mol. The van der Waals surface area contributed by atoms with Crippen LogP contribution in [-0.2, 0) is 11.3 Å². The SMILES string of the molecule is Cc1nn(Cc2nc(N)nc(N(C)C)n2)c(C)c1C1COCCN1C. The molecule has 9 heteroatoms. The maximum absolute atomic E-state index is 5.82. The fourth-order valence-corrected chi connectivity index (χ4v) is 3.17. The van der Waals surface area contributed by atoms with Gasteiger partial charge in [0.25, 0.3) is 0 Å². The summed E-state index contributed by atoms with van der Waals surface area (Å²) in [5, 5.41) is 4.70. The highest BCUT2D eigenvalue weighted by Crippen LogP contribution is 2.28. The molecule has 1 aliphatic rings. The van der Waals surface area contributed by atoms with E-state index < -0.39 is 0 Å². The maximum atomic E-state index is 5.82. The fourth-order valence-electron chi connectivity index (χ4n) is 3.17. The second-order valence-electron chi connectivity index (χ2n) is 6.62. The molecule has 2 aromatic rings. The summed E-state index contributed by atoms with van der Waals surface area (Å²) in [6.45, 7) is 6.95. The van der Waals surface area contributed by atoms with E-state index in [9.17, 15) is 0 Å². The normalized spacial score (nSPS) is 18.5. The number of aromatic nitrogens is 5. The molecule has 0 amide bonds. The van der Waals surface area contributed by atoms with Crippen LogP contribution in [0, 0.1) is 13.8 Å². The van der Waals surface area contributed by atoms with Crippen LogP contribution in [0.15, 0.2) is 0 Å². The van der Waals surface area contributed by atoms with Gasteiger partial charge in [0.15, 0.2) is 5.82 Å². The molecule has 0 bridgehead atoms. The van der Waals surface area contributed by atoms with Crippen molar-refractivity contribution in [2.45, 2.75) is 26.4 Å². The van der Waals surface area contributed by atoms with Crippen LogP contribution in [0.2, 0.25) is 0 Å². The molecule has 1 saturated heterocycles. The van der Waals surface area contributed by atoms with Crippen LogP contribution in [-0.4, -0.2) is 70.5 Å². The summed E-state index contributed by atoms with van der Waals surface area (Å²) in [6, 6.07) is 0.225. The van der Waals surface area contributed by atoms with E-state index in [-0.39, 0.29) is 12.0 Å². The van der Waals surface area contributed by atoms with Gasteiger partial charge in [0.2, 0.25) is 11.9 Å². The van der Waals surface area contributed by atoms with Crippen molar-refractivity contribution in [1.29, 1.82) is 0 Å². The van der Waals surface area contributed by atoms with E-state index in [0.29, 0.717) is 24.9 Å². The number of nitrogens with two attached hydrogens (primary N) is 1. The lowest BCUT2D eigenvalue weighted by molar-refractivity contribution is 0.00457. The zero-order chi connectivity index (χ0) is 18.1. The first kappa shape index (κ1) is 17.6. The summed E-state index contributed by atoms with van der Waals surface area (Å²) in [4.78, 5) is 17.0. The van der Waals surface area contributed by atoms with Gasteiger partial charge < -0.3 is 15.4 Å². The third-order valence-electron chi connectivity index (χ3n) is 4.55. The third-order valence-corrected chi connectivity index (χ3v) is 4.55. The van der Waals surface area contributed by atoms with Crippen LogP contribution in [0.25, 0.3) is 0 Å². The van der Waals surface area contributed by atoms with Gasteiger partial charge in [0, 0.05) is 31.9 Å². The molecular formula is C16H26N8O. The Labute approximate surface area is 147 Å². The van der Waals surface area contributed by atoms with Gasteiger partial charge in [0.1, 0.15) is 6.54 Å². The molecule has 1 atom stereocenters. The van der Waals surface area contributed by atoms with Crippen molar-refractivity contribution in [3.63, 3.8) is 0 Å². The van der Waals surface area contributed by atoms with Crippen molar-refractivity contribution in [1.82, 2.24) is 29.6 Å². The zero-order valence-corrected chi connectivity index (χ0v) is 15.5. The zero-order valence-electron chi connectivity index (χ0n) is 15.5. The largest absolute Gasteiger partial charge is 0.378 e. The van der Waals surface area contributed by atoms with Crippen LogP contribution in [0.1, 0.15) is 28.8 Å². The minimum Gasteiger partial charge on any atom is -0.378 e. The molecule has 0 spiro atoms. The predicted octanol–water partition coefficient (Wildman–Crippen LogP) is 0.385. The Morgan fingerprint density at radius 3 is 2.68 bits per heavy atom. The van der Waals surface area contributed by atoms with Crippen molar-refractivity contribution in [2.75, 3.05) is 51.5 Å². The van der Waals surface area contributed by atoms with Crippen LogP contribution in [0.5, 0.6) is 0 Å². The van der Waals surface area contributed by atoms with Crippen molar-refractivity contribution in [2.24, 2.45) is 0 Å². The van der Waals surface area contributed by atoms with E-state index >= 15 is 0 Å². The molecule has 0 saturated carbocycles. The highest BCUT2D eigenvalue weighted by molar-refractivity contribution is 5.33. The first-order chi connectivity index (χ1) is 11.9. The fraction of sp³-hybridized carbons (Fsp3) is 0.625. The Kier molecular flexibility index (Phi) is 4.87. The molecular weight excluding hydrogens is 320 g/mol. The number of hydrogen-bond donors (Lipinski definition) is 1. The maximum Gasteiger partial charge on any atom is 0.229 e. The Balaban J connectivity index is 1.91. The van der Waals surface area contributed by atoms with E-state index in [1.807, 2.05) is 30.6 Å². The average Bonchev–Trinajstić information content (AvgIpc) is 2.81. The highest BCUT2D eigenvalue weighted by Gasteiger charge is 2.27. The monoisotopic (exact) mass is 346 g/mol. The molecule has 0 aromatic carbocycles. The van der Waals surface area contributed by atoms with Gasteiger partial charge in [-0.2, -0.15) is 20.1 Å². The van der Waals surface area contributed by atoms with Crippen LogP contribution < -0.4 is 10.6 Å². The lowest BCUT2D eigenvalue weighted by Gasteiger charge is -2.32. The minimum absolute atomic E-state index is 0.218. The van der Waals surface area contributed by atoms with Gasteiger partial charge in [-0.1, -0.05) is 0 Å². The molecule has 1 aliphatic heterocycles. The van der Waals surface area contributed by atoms with E-state index in [2.05, 4.69) is 33.8 Å². The highest BCUT2D eigenvalue weighted by atomic mass is 16.5. The molecule has 25 heavy (non-hydrogen) atoms. The number of nitrogen functional groups attached to an aromatic ring is 1. The molecule has 2 aromatic heterocycles. The summed E-state index contributed by atoms with van der Waals surface area (Å²) >= 11 is 0. The molecule has 1 fully saturated rings. The Morgan fingerprint density at radius 1 is 1.24 bits per heavy atom. The number of aryl methyl sites for hydroxylation is 1. The summed E-state index contributed by atoms with van der Waals surface area (Å²) in [6.07, 6.45) is 0. The molecule has 0 radical (unpaired) electrons. The van der Waals surface area contributed by atoms with Gasteiger partial charge in [0.05, 0.1) is 24.9 Å². The smallest absolute Gasteiger partial charge is 0.229 e. The number of hydrogen-bond acceptors (Lipinski definition) is 8. The first-order valence-corrected chi connectivity index (χ1v) is 8.36. The van der Waals surface area contributed by atoms with Crippen LogP contribution >= 0.6 is 0 Å². The Hall–Kier alpha value is -2.26. The first-order valence-electron chi connectivity index (χ1n) is 8.36. The third kappa shape index (κ3) is 3.57. The topological polar surface area (TPSA) is 98.2 Å². The number of anilines is 2. The number of ether oxygens (including phenoxy) is 1. The van der Waals surface area contributed by atoms with E-state index in [4.69, 9.17) is 15.6 Å². The van der Waals surface area contributed by atoms with Gasteiger partial charge in [-0.25, -0.2) is 0 Å². The molecule has 3 rings (SSSR count). The van der Waals surface area contributed by atoms with E-state index in [1.54, 1.807) is 0 Å². The molecule has 3 heterocycles. The number of likely N-dealkylation sites (N-methyl/N-ethyl adjacent to an activating group) is 1. The van der Waals surface area contributed by atoms with Crippen LogP contribution in [0.4, 0.5) is 11.9 Å². The lowest BCUT2D eigenvalue weighted by Crippen LogP contribution is -2.37. The summed E-state index contributed by atoms with van der Waals surface area (Å²) in [5.41, 5.74) is 9.15. The average molecular weight is 346 g/mol. The minimum atomic E-state index is 0.218. The number of rotatable bonds is 4. The van der Waals surface area contributed by atoms with Gasteiger partial charge in [-0.05, 0) is 20.9 Å². The molecule has 0 aliphatic carbocycles. The molecule has 136 valence electrons. The number of morpholine rings is 1. The van der Waals surface area contributed by atoms with E-state index in [1.165, 1.54) is 5.56 Å². The van der Waals surface area contributed by atoms with Crippen molar-refractivity contribution >= 4 is 11.9 Å². The number of nitrogens with zero attached hydrogens (tertiary/aromatic N) is 7. The van der Waals surface area contributed by atoms with Gasteiger partial charge in [-0.15, -0.1) is 0 Å². The summed E-state index contributed by atoms with van der Waals surface area (Å²) in [5.74, 6) is 1.36.